The van der Waals surface area contributed by atoms with E-state index in [1.807, 2.05) is 22.7 Å². The first-order chi connectivity index (χ1) is 26.2. The molecule has 1 aliphatic rings. The van der Waals surface area contributed by atoms with Crippen LogP contribution in [0.1, 0.15) is 11.1 Å². The first-order valence-electron chi connectivity index (χ1n) is 17.0. The van der Waals surface area contributed by atoms with E-state index in [2.05, 4.69) is 106 Å². The number of nitrogens with zero attached hydrogens (tertiary/aromatic N) is 4. The predicted octanol–water partition coefficient (Wildman–Crippen LogP) is 13.5. The van der Waals surface area contributed by atoms with Crippen molar-refractivity contribution in [3.05, 3.63) is 107 Å². The number of hydrogen-bond donors (Lipinski definition) is 2. The molecule has 12 aromatic rings. The summed E-state index contributed by atoms with van der Waals surface area (Å²) in [5.74, 6) is 0. The summed E-state index contributed by atoms with van der Waals surface area (Å²) >= 11 is 9.82. The van der Waals surface area contributed by atoms with Crippen LogP contribution in [0.5, 0.6) is 0 Å². The molecule has 1 aliphatic carbocycles. The SMILES string of the molecule is c1cc2[nH]c3cc(-c4ccc(-c5ccc6c(c5)Cc5ccc(-c7ccc(-c8cc9[nH]c%10ccsc%10c9s8)c8nsnc78)cc5-6)c5nsnc45)sc3c2s1. The van der Waals surface area contributed by atoms with E-state index in [0.717, 1.165) is 50.7 Å². The van der Waals surface area contributed by atoms with Crippen molar-refractivity contribution in [1.29, 1.82) is 0 Å². The topological polar surface area (TPSA) is 83.1 Å². The Labute approximate surface area is 324 Å². The van der Waals surface area contributed by atoms with E-state index in [4.69, 9.17) is 17.5 Å². The molecule has 13 rings (SSSR count). The molecule has 0 spiro atoms. The molecule has 4 aromatic carbocycles. The maximum atomic E-state index is 4.83. The minimum atomic E-state index is 0.906. The number of thiophene rings is 4. The van der Waals surface area contributed by atoms with Crippen LogP contribution in [0.3, 0.4) is 0 Å². The number of H-pyrrole nitrogens is 2. The fourth-order valence-corrected chi connectivity index (χ4v) is 13.6. The van der Waals surface area contributed by atoms with Gasteiger partial charge in [0.05, 0.1) is 64.3 Å². The summed E-state index contributed by atoms with van der Waals surface area (Å²) in [5.41, 5.74) is 20.8. The van der Waals surface area contributed by atoms with Gasteiger partial charge in [0.2, 0.25) is 0 Å². The van der Waals surface area contributed by atoms with Crippen LogP contribution in [0.2, 0.25) is 0 Å². The second kappa shape index (κ2) is 10.8. The minimum absolute atomic E-state index is 0.906. The lowest BCUT2D eigenvalue weighted by molar-refractivity contribution is 1.26. The van der Waals surface area contributed by atoms with Crippen molar-refractivity contribution in [2.45, 2.75) is 6.42 Å². The first kappa shape index (κ1) is 29.4. The van der Waals surface area contributed by atoms with E-state index in [-0.39, 0.29) is 0 Å². The van der Waals surface area contributed by atoms with E-state index < -0.39 is 0 Å². The summed E-state index contributed by atoms with van der Waals surface area (Å²) in [7, 11) is 0. The van der Waals surface area contributed by atoms with Crippen LogP contribution in [0.15, 0.2) is 95.7 Å². The molecule has 250 valence electrons. The Morgan fingerprint density at radius 1 is 0.415 bits per heavy atom. The molecule has 0 fully saturated rings. The molecule has 8 heterocycles. The van der Waals surface area contributed by atoms with E-state index in [0.29, 0.717) is 0 Å². The van der Waals surface area contributed by atoms with E-state index >= 15 is 0 Å². The van der Waals surface area contributed by atoms with Gasteiger partial charge in [-0.05, 0) is 80.9 Å². The van der Waals surface area contributed by atoms with E-state index in [1.165, 1.54) is 107 Å². The number of aromatic amines is 2. The average Bonchev–Trinajstić information content (AvgIpc) is 4.02. The van der Waals surface area contributed by atoms with Crippen molar-refractivity contribution in [3.8, 4) is 54.3 Å². The Morgan fingerprint density at radius 2 is 0.925 bits per heavy atom. The van der Waals surface area contributed by atoms with Gasteiger partial charge in [0, 0.05) is 32.0 Å². The Balaban J connectivity index is 0.856. The Hall–Kier alpha value is -5.08. The molecule has 2 N–H and O–H groups in total. The van der Waals surface area contributed by atoms with Gasteiger partial charge in [-0.2, -0.15) is 17.5 Å². The van der Waals surface area contributed by atoms with Crippen LogP contribution in [0.25, 0.3) is 117 Å². The molecule has 6 nitrogen and oxygen atoms in total. The zero-order valence-corrected chi connectivity index (χ0v) is 32.1. The molecule has 0 unspecified atom stereocenters. The Bertz CT molecular complexity index is 3470. The minimum Gasteiger partial charge on any atom is -0.353 e. The van der Waals surface area contributed by atoms with Crippen molar-refractivity contribution in [1.82, 2.24) is 27.5 Å². The summed E-state index contributed by atoms with van der Waals surface area (Å²) in [6, 6.07) is 31.5. The van der Waals surface area contributed by atoms with Crippen LogP contribution in [0, 0.1) is 0 Å². The molecule has 0 aliphatic heterocycles. The molecule has 0 saturated heterocycles. The number of hydrogen-bond acceptors (Lipinski definition) is 10. The summed E-state index contributed by atoms with van der Waals surface area (Å²) in [5, 5.41) is 4.30. The highest BCUT2D eigenvalue weighted by molar-refractivity contribution is 7.29. The lowest BCUT2D eigenvalue weighted by Gasteiger charge is -2.09. The van der Waals surface area contributed by atoms with Gasteiger partial charge in [-0.1, -0.05) is 54.6 Å². The average molecular weight is 789 g/mol. The van der Waals surface area contributed by atoms with Crippen LogP contribution in [-0.2, 0) is 6.42 Å². The Kier molecular flexibility index (Phi) is 5.96. The fourth-order valence-electron chi connectivity index (χ4n) is 8.15. The fraction of sp³-hybridized carbons (Fsp3) is 0.0244. The van der Waals surface area contributed by atoms with Gasteiger partial charge in [0.15, 0.2) is 0 Å². The van der Waals surface area contributed by atoms with Gasteiger partial charge >= 0.3 is 0 Å². The molecule has 53 heavy (non-hydrogen) atoms. The molecule has 12 heteroatoms. The second-order valence-corrected chi connectivity index (χ2v) is 18.4. The molecule has 0 saturated carbocycles. The highest BCUT2D eigenvalue weighted by Gasteiger charge is 2.23. The van der Waals surface area contributed by atoms with E-state index in [9.17, 15) is 0 Å². The number of aromatic nitrogens is 6. The summed E-state index contributed by atoms with van der Waals surface area (Å²) in [6.07, 6.45) is 0.906. The zero-order valence-electron chi connectivity index (χ0n) is 27.2. The maximum Gasteiger partial charge on any atom is 0.114 e. The molecule has 0 amide bonds. The number of fused-ring (bicyclic) bond motifs is 11. The molecule has 0 bridgehead atoms. The summed E-state index contributed by atoms with van der Waals surface area (Å²) in [4.78, 5) is 9.59. The molecule has 8 aromatic heterocycles. The van der Waals surface area contributed by atoms with Crippen molar-refractivity contribution in [2.75, 3.05) is 0 Å². The highest BCUT2D eigenvalue weighted by atomic mass is 32.1. The number of rotatable bonds is 4. The van der Waals surface area contributed by atoms with E-state index in [1.54, 1.807) is 22.7 Å². The van der Waals surface area contributed by atoms with Gasteiger partial charge in [0.1, 0.15) is 22.1 Å². The van der Waals surface area contributed by atoms with Crippen LogP contribution >= 0.6 is 68.8 Å². The molecule has 0 radical (unpaired) electrons. The second-order valence-electron chi connectivity index (χ2n) is 13.4. The van der Waals surface area contributed by atoms with Crippen LogP contribution in [0.4, 0.5) is 0 Å². The molecular formula is C41H20N6S6. The lowest BCUT2D eigenvalue weighted by Crippen LogP contribution is -1.87. The molecular weight excluding hydrogens is 769 g/mol. The number of nitrogens with one attached hydrogen (secondary N) is 2. The quantitative estimate of drug-likeness (QED) is 0.186. The summed E-state index contributed by atoms with van der Waals surface area (Å²) < 4.78 is 24.5. The number of benzene rings is 4. The van der Waals surface area contributed by atoms with Gasteiger partial charge in [-0.15, -0.1) is 45.3 Å². The highest BCUT2D eigenvalue weighted by Crippen LogP contribution is 2.47. The van der Waals surface area contributed by atoms with Gasteiger partial charge in [-0.25, -0.2) is 0 Å². The summed E-state index contributed by atoms with van der Waals surface area (Å²) in [6.45, 7) is 0. The zero-order chi connectivity index (χ0) is 34.4. The van der Waals surface area contributed by atoms with Crippen molar-refractivity contribution < 1.29 is 0 Å². The van der Waals surface area contributed by atoms with Crippen LogP contribution in [-0.4, -0.2) is 27.5 Å². The van der Waals surface area contributed by atoms with Crippen LogP contribution < -0.4 is 0 Å². The third kappa shape index (κ3) is 4.16. The third-order valence-corrected chi connectivity index (χ3v) is 16.2. The Morgan fingerprint density at radius 3 is 1.53 bits per heavy atom. The van der Waals surface area contributed by atoms with Gasteiger partial charge in [0.25, 0.3) is 0 Å². The predicted molar refractivity (Wildman–Crippen MR) is 229 cm³/mol. The molecule has 0 atom stereocenters. The normalized spacial score (nSPS) is 12.8. The first-order valence-corrected chi connectivity index (χ1v) is 21.8. The monoisotopic (exact) mass is 788 g/mol. The smallest absolute Gasteiger partial charge is 0.114 e. The lowest BCUT2D eigenvalue weighted by atomic mass is 9.95. The van der Waals surface area contributed by atoms with Gasteiger partial charge < -0.3 is 9.97 Å². The van der Waals surface area contributed by atoms with Crippen molar-refractivity contribution in [3.63, 3.8) is 0 Å². The largest absolute Gasteiger partial charge is 0.353 e. The van der Waals surface area contributed by atoms with Crippen molar-refractivity contribution in [2.24, 2.45) is 0 Å². The van der Waals surface area contributed by atoms with Crippen molar-refractivity contribution >= 4 is 132 Å². The third-order valence-electron chi connectivity index (χ3n) is 10.6. The standard InChI is InChI=1S/C41H20N6S6/c1-2-20(24-6-8-26(37-35(24)45-53-47-37)33-17-31-41(51-33)39-29(43-31)10-12-49-39)15-27-19(1)14-21-13-18(3-4-22(21)27)23-5-7-25(36-34(23)44-52-46-36)32-16-30-40(50-32)38-28(42-30)9-11-48-38/h1-13,15-17,42-43H,14H2. The maximum absolute atomic E-state index is 4.83. The van der Waals surface area contributed by atoms with Gasteiger partial charge in [-0.3, -0.25) is 0 Å².